The molecule has 0 spiro atoms. The van der Waals surface area contributed by atoms with Crippen molar-refractivity contribution in [1.29, 1.82) is 0 Å². The molecule has 12 heavy (non-hydrogen) atoms. The molecule has 0 aromatic heterocycles. The fraction of sp³-hybridized carbons (Fsp3) is 0.400. The van der Waals surface area contributed by atoms with Crippen LogP contribution in [0.4, 0.5) is 0 Å². The minimum atomic E-state index is -0.368. The van der Waals surface area contributed by atoms with Crippen LogP contribution >= 0.6 is 0 Å². The lowest BCUT2D eigenvalue weighted by atomic mass is 10.1. The first-order valence-electron chi connectivity index (χ1n) is 4.11. The van der Waals surface area contributed by atoms with Gasteiger partial charge in [0, 0.05) is 13.5 Å². The number of fused-ring (bicyclic) bond motifs is 1. The van der Waals surface area contributed by atoms with E-state index in [-0.39, 0.29) is 12.2 Å². The first-order chi connectivity index (χ1) is 5.83. The highest BCUT2D eigenvalue weighted by atomic mass is 16.5. The van der Waals surface area contributed by atoms with Crippen LogP contribution in [0.1, 0.15) is 17.2 Å². The number of aliphatic hydroxyl groups is 1. The smallest absolute Gasteiger partial charge is 0.109 e. The highest BCUT2D eigenvalue weighted by molar-refractivity contribution is 5.35. The number of hydrogen-bond donors (Lipinski definition) is 1. The molecule has 0 bridgehead atoms. The molecule has 0 unspecified atom stereocenters. The van der Waals surface area contributed by atoms with Gasteiger partial charge in [-0.05, 0) is 11.1 Å². The molecule has 1 aliphatic rings. The van der Waals surface area contributed by atoms with Crippen molar-refractivity contribution in [3.05, 3.63) is 35.4 Å². The SMILES string of the molecule is CO[C@H]1c2ccccc2C[C@H]1O. The van der Waals surface area contributed by atoms with Gasteiger partial charge in [0.1, 0.15) is 6.10 Å². The predicted molar refractivity (Wildman–Crippen MR) is 45.9 cm³/mol. The number of benzene rings is 1. The number of hydrogen-bond acceptors (Lipinski definition) is 2. The molecule has 1 aromatic rings. The molecule has 0 saturated heterocycles. The van der Waals surface area contributed by atoms with Crippen molar-refractivity contribution >= 4 is 0 Å². The maximum Gasteiger partial charge on any atom is 0.109 e. The Hall–Kier alpha value is -0.860. The molecule has 64 valence electrons. The summed E-state index contributed by atoms with van der Waals surface area (Å²) < 4.78 is 5.20. The Bertz CT molecular complexity index is 283. The van der Waals surface area contributed by atoms with Crippen LogP contribution in [-0.4, -0.2) is 18.3 Å². The second kappa shape index (κ2) is 2.88. The summed E-state index contributed by atoms with van der Waals surface area (Å²) in [6, 6.07) is 8.02. The van der Waals surface area contributed by atoms with Gasteiger partial charge >= 0.3 is 0 Å². The van der Waals surface area contributed by atoms with E-state index < -0.39 is 0 Å². The van der Waals surface area contributed by atoms with Crippen LogP contribution in [0.5, 0.6) is 0 Å². The van der Waals surface area contributed by atoms with Gasteiger partial charge in [0.15, 0.2) is 0 Å². The zero-order valence-electron chi connectivity index (χ0n) is 7.03. The van der Waals surface area contributed by atoms with Crippen molar-refractivity contribution in [3.8, 4) is 0 Å². The molecular weight excluding hydrogens is 152 g/mol. The van der Waals surface area contributed by atoms with Crippen LogP contribution in [-0.2, 0) is 11.2 Å². The number of methoxy groups -OCH3 is 1. The molecule has 0 radical (unpaired) electrons. The fourth-order valence-electron chi connectivity index (χ4n) is 1.82. The van der Waals surface area contributed by atoms with Crippen molar-refractivity contribution in [1.82, 2.24) is 0 Å². The van der Waals surface area contributed by atoms with Gasteiger partial charge in [0.05, 0.1) is 6.10 Å². The van der Waals surface area contributed by atoms with Gasteiger partial charge in [-0.3, -0.25) is 0 Å². The van der Waals surface area contributed by atoms with E-state index in [2.05, 4.69) is 0 Å². The third-order valence-electron chi connectivity index (χ3n) is 2.39. The predicted octanol–water partition coefficient (Wildman–Crippen LogP) is 1.29. The van der Waals surface area contributed by atoms with Gasteiger partial charge in [-0.2, -0.15) is 0 Å². The van der Waals surface area contributed by atoms with Crippen LogP contribution in [0, 0.1) is 0 Å². The summed E-state index contributed by atoms with van der Waals surface area (Å²) in [7, 11) is 1.63. The van der Waals surface area contributed by atoms with E-state index in [9.17, 15) is 5.11 Å². The summed E-state index contributed by atoms with van der Waals surface area (Å²) in [6.45, 7) is 0. The lowest BCUT2D eigenvalue weighted by molar-refractivity contribution is -0.000807. The highest BCUT2D eigenvalue weighted by Gasteiger charge is 2.30. The molecule has 2 rings (SSSR count). The summed E-state index contributed by atoms with van der Waals surface area (Å²) in [5.41, 5.74) is 2.34. The average Bonchev–Trinajstić information content (AvgIpc) is 2.40. The molecule has 1 aromatic carbocycles. The Morgan fingerprint density at radius 1 is 1.42 bits per heavy atom. The van der Waals surface area contributed by atoms with Crippen LogP contribution in [0.2, 0.25) is 0 Å². The van der Waals surface area contributed by atoms with Crippen LogP contribution in [0.25, 0.3) is 0 Å². The highest BCUT2D eigenvalue weighted by Crippen LogP contribution is 2.33. The van der Waals surface area contributed by atoms with Gasteiger partial charge in [-0.15, -0.1) is 0 Å². The van der Waals surface area contributed by atoms with Crippen molar-refractivity contribution < 1.29 is 9.84 Å². The quantitative estimate of drug-likeness (QED) is 0.677. The van der Waals surface area contributed by atoms with Gasteiger partial charge in [-0.25, -0.2) is 0 Å². The third-order valence-corrected chi connectivity index (χ3v) is 2.39. The van der Waals surface area contributed by atoms with Gasteiger partial charge in [-0.1, -0.05) is 24.3 Å². The maximum absolute atomic E-state index is 9.59. The Kier molecular flexibility index (Phi) is 1.87. The van der Waals surface area contributed by atoms with Crippen molar-refractivity contribution in [3.63, 3.8) is 0 Å². The second-order valence-corrected chi connectivity index (χ2v) is 3.13. The summed E-state index contributed by atoms with van der Waals surface area (Å²) >= 11 is 0. The first-order valence-corrected chi connectivity index (χ1v) is 4.11. The standard InChI is InChI=1S/C10H12O2/c1-12-10-8-5-3-2-4-7(8)6-9(10)11/h2-5,9-11H,6H2,1H3/t9-,10+/m1/s1. The van der Waals surface area contributed by atoms with E-state index in [1.165, 1.54) is 5.56 Å². The lowest BCUT2D eigenvalue weighted by Gasteiger charge is -2.12. The van der Waals surface area contributed by atoms with E-state index >= 15 is 0 Å². The first kappa shape index (κ1) is 7.77. The Labute approximate surface area is 71.8 Å². The normalized spacial score (nSPS) is 27.2. The lowest BCUT2D eigenvalue weighted by Crippen LogP contribution is -2.14. The minimum absolute atomic E-state index is 0.124. The summed E-state index contributed by atoms with van der Waals surface area (Å²) in [6.07, 6.45) is 0.225. The molecule has 2 nitrogen and oxygen atoms in total. The minimum Gasteiger partial charge on any atom is -0.390 e. The van der Waals surface area contributed by atoms with Gasteiger partial charge in [0.2, 0.25) is 0 Å². The average molecular weight is 164 g/mol. The van der Waals surface area contributed by atoms with Gasteiger partial charge in [0.25, 0.3) is 0 Å². The summed E-state index contributed by atoms with van der Waals surface area (Å²) in [5, 5.41) is 9.59. The zero-order valence-corrected chi connectivity index (χ0v) is 7.03. The second-order valence-electron chi connectivity index (χ2n) is 3.13. The number of rotatable bonds is 1. The van der Waals surface area contributed by atoms with Crippen molar-refractivity contribution in [2.24, 2.45) is 0 Å². The number of aliphatic hydroxyl groups excluding tert-OH is 1. The zero-order chi connectivity index (χ0) is 8.55. The molecule has 0 saturated carbocycles. The molecule has 2 heteroatoms. The van der Waals surface area contributed by atoms with E-state index in [1.807, 2.05) is 24.3 Å². The molecular formula is C10H12O2. The van der Waals surface area contributed by atoms with E-state index in [1.54, 1.807) is 7.11 Å². The number of ether oxygens (including phenoxy) is 1. The molecule has 1 N–H and O–H groups in total. The Morgan fingerprint density at radius 3 is 2.92 bits per heavy atom. The molecule has 0 fully saturated rings. The third kappa shape index (κ3) is 1.04. The van der Waals surface area contributed by atoms with Crippen LogP contribution in [0.15, 0.2) is 24.3 Å². The largest absolute Gasteiger partial charge is 0.390 e. The van der Waals surface area contributed by atoms with Gasteiger partial charge < -0.3 is 9.84 Å². The monoisotopic (exact) mass is 164 g/mol. The topological polar surface area (TPSA) is 29.5 Å². The van der Waals surface area contributed by atoms with Crippen LogP contribution < -0.4 is 0 Å². The maximum atomic E-state index is 9.59. The fourth-order valence-corrected chi connectivity index (χ4v) is 1.82. The van der Waals surface area contributed by atoms with E-state index in [0.717, 1.165) is 5.56 Å². The van der Waals surface area contributed by atoms with Crippen molar-refractivity contribution in [2.45, 2.75) is 18.6 Å². The van der Waals surface area contributed by atoms with Crippen molar-refractivity contribution in [2.75, 3.05) is 7.11 Å². The molecule has 0 aliphatic heterocycles. The molecule has 0 amide bonds. The summed E-state index contributed by atoms with van der Waals surface area (Å²) in [4.78, 5) is 0. The Balaban J connectivity index is 2.40. The Morgan fingerprint density at radius 2 is 2.17 bits per heavy atom. The van der Waals surface area contributed by atoms with E-state index in [0.29, 0.717) is 6.42 Å². The molecule has 2 atom stereocenters. The molecule has 1 aliphatic carbocycles. The van der Waals surface area contributed by atoms with Crippen LogP contribution in [0.3, 0.4) is 0 Å². The summed E-state index contributed by atoms with van der Waals surface area (Å²) in [5.74, 6) is 0. The van der Waals surface area contributed by atoms with E-state index in [4.69, 9.17) is 4.74 Å². The molecule has 0 heterocycles.